The van der Waals surface area contributed by atoms with Crippen molar-refractivity contribution in [3.63, 3.8) is 0 Å². The van der Waals surface area contributed by atoms with Crippen molar-refractivity contribution in [1.82, 2.24) is 0 Å². The SMILES string of the molecule is CC(C)(C)COC(C=O)Cc1cccc2ccccc12. The Morgan fingerprint density at radius 1 is 1.10 bits per heavy atom. The molecule has 0 saturated carbocycles. The molecule has 0 N–H and O–H groups in total. The number of rotatable bonds is 5. The molecule has 0 aliphatic rings. The third-order valence-electron chi connectivity index (χ3n) is 3.18. The van der Waals surface area contributed by atoms with Crippen LogP contribution in [-0.2, 0) is 16.0 Å². The molecule has 2 aromatic carbocycles. The van der Waals surface area contributed by atoms with Crippen molar-refractivity contribution in [2.24, 2.45) is 5.41 Å². The Bertz CT molecular complexity index is 576. The lowest BCUT2D eigenvalue weighted by atomic mass is 9.97. The van der Waals surface area contributed by atoms with E-state index in [1.54, 1.807) is 0 Å². The summed E-state index contributed by atoms with van der Waals surface area (Å²) in [7, 11) is 0. The Labute approximate surface area is 120 Å². The lowest BCUT2D eigenvalue weighted by molar-refractivity contribution is -0.119. The molecule has 0 radical (unpaired) electrons. The molecule has 106 valence electrons. The van der Waals surface area contributed by atoms with Gasteiger partial charge in [0.15, 0.2) is 0 Å². The van der Waals surface area contributed by atoms with Crippen LogP contribution >= 0.6 is 0 Å². The van der Waals surface area contributed by atoms with Crippen LogP contribution < -0.4 is 0 Å². The van der Waals surface area contributed by atoms with Crippen molar-refractivity contribution < 1.29 is 9.53 Å². The Kier molecular flexibility index (Phi) is 4.56. The molecule has 2 rings (SSSR count). The molecule has 2 heteroatoms. The lowest BCUT2D eigenvalue weighted by Crippen LogP contribution is -2.24. The molecule has 0 fully saturated rings. The summed E-state index contributed by atoms with van der Waals surface area (Å²) >= 11 is 0. The first-order valence-corrected chi connectivity index (χ1v) is 7.03. The van der Waals surface area contributed by atoms with Crippen LogP contribution in [0.1, 0.15) is 26.3 Å². The summed E-state index contributed by atoms with van der Waals surface area (Å²) in [4.78, 5) is 11.2. The number of ether oxygens (including phenoxy) is 1. The number of hydrogen-bond donors (Lipinski definition) is 0. The van der Waals surface area contributed by atoms with Gasteiger partial charge in [0.05, 0.1) is 6.61 Å². The number of aldehydes is 1. The smallest absolute Gasteiger partial charge is 0.149 e. The molecule has 1 atom stereocenters. The summed E-state index contributed by atoms with van der Waals surface area (Å²) in [5, 5.41) is 2.40. The van der Waals surface area contributed by atoms with Gasteiger partial charge in [-0.15, -0.1) is 0 Å². The van der Waals surface area contributed by atoms with Crippen molar-refractivity contribution in [3.05, 3.63) is 48.0 Å². The first-order chi connectivity index (χ1) is 9.49. The van der Waals surface area contributed by atoms with Gasteiger partial charge in [0.1, 0.15) is 12.4 Å². The highest BCUT2D eigenvalue weighted by atomic mass is 16.5. The molecule has 2 nitrogen and oxygen atoms in total. The standard InChI is InChI=1S/C18H22O2/c1-18(2,3)13-20-16(12-19)11-15-9-6-8-14-7-4-5-10-17(14)15/h4-10,12,16H,11,13H2,1-3H3. The van der Waals surface area contributed by atoms with Crippen molar-refractivity contribution in [2.75, 3.05) is 6.61 Å². The molecule has 1 unspecified atom stereocenters. The van der Waals surface area contributed by atoms with Gasteiger partial charge in [-0.2, -0.15) is 0 Å². The first-order valence-electron chi connectivity index (χ1n) is 7.03. The van der Waals surface area contributed by atoms with Gasteiger partial charge < -0.3 is 9.53 Å². The Hall–Kier alpha value is -1.67. The number of fused-ring (bicyclic) bond motifs is 1. The van der Waals surface area contributed by atoms with E-state index in [1.807, 2.05) is 18.2 Å². The van der Waals surface area contributed by atoms with Gasteiger partial charge >= 0.3 is 0 Å². The van der Waals surface area contributed by atoms with Gasteiger partial charge in [0.25, 0.3) is 0 Å². The summed E-state index contributed by atoms with van der Waals surface area (Å²) in [6.45, 7) is 6.90. The zero-order chi connectivity index (χ0) is 14.6. The zero-order valence-corrected chi connectivity index (χ0v) is 12.4. The second-order valence-corrected chi connectivity index (χ2v) is 6.39. The predicted molar refractivity (Wildman–Crippen MR) is 82.9 cm³/mol. The Balaban J connectivity index is 2.15. The summed E-state index contributed by atoms with van der Waals surface area (Å²) in [6.07, 6.45) is 1.16. The molecule has 20 heavy (non-hydrogen) atoms. The first kappa shape index (κ1) is 14.7. The van der Waals surface area contributed by atoms with Gasteiger partial charge in [-0.3, -0.25) is 0 Å². The van der Waals surface area contributed by atoms with Gasteiger partial charge in [-0.05, 0) is 21.8 Å². The maximum atomic E-state index is 11.2. The fourth-order valence-electron chi connectivity index (χ4n) is 2.19. The van der Waals surface area contributed by atoms with E-state index < -0.39 is 0 Å². The summed E-state index contributed by atoms with van der Waals surface area (Å²) < 4.78 is 5.74. The highest BCUT2D eigenvalue weighted by Gasteiger charge is 2.16. The molecule has 0 aromatic heterocycles. The number of carbonyl (C=O) groups is 1. The monoisotopic (exact) mass is 270 g/mol. The second kappa shape index (κ2) is 6.19. The van der Waals surface area contributed by atoms with E-state index >= 15 is 0 Å². The third-order valence-corrected chi connectivity index (χ3v) is 3.18. The normalized spacial score (nSPS) is 13.3. The summed E-state index contributed by atoms with van der Waals surface area (Å²) in [6, 6.07) is 14.4. The van der Waals surface area contributed by atoms with E-state index in [0.717, 1.165) is 11.8 Å². The molecule has 2 aromatic rings. The molecular weight excluding hydrogens is 248 g/mol. The summed E-state index contributed by atoms with van der Waals surface area (Å²) in [5.41, 5.74) is 1.23. The van der Waals surface area contributed by atoms with E-state index in [1.165, 1.54) is 10.8 Å². The molecular formula is C18H22O2. The van der Waals surface area contributed by atoms with Crippen LogP contribution in [0.15, 0.2) is 42.5 Å². The van der Waals surface area contributed by atoms with Crippen LogP contribution in [0.5, 0.6) is 0 Å². The van der Waals surface area contributed by atoms with Gasteiger partial charge in [0.2, 0.25) is 0 Å². The van der Waals surface area contributed by atoms with Gasteiger partial charge in [-0.1, -0.05) is 63.2 Å². The van der Waals surface area contributed by atoms with Crippen molar-refractivity contribution in [3.8, 4) is 0 Å². The van der Waals surface area contributed by atoms with Gasteiger partial charge in [-0.25, -0.2) is 0 Å². The average Bonchev–Trinajstić information content (AvgIpc) is 2.42. The maximum absolute atomic E-state index is 11.2. The van der Waals surface area contributed by atoms with E-state index in [2.05, 4.69) is 45.0 Å². The fourth-order valence-corrected chi connectivity index (χ4v) is 2.19. The van der Waals surface area contributed by atoms with Gasteiger partial charge in [0, 0.05) is 6.42 Å². The van der Waals surface area contributed by atoms with Crippen LogP contribution in [0.4, 0.5) is 0 Å². The van der Waals surface area contributed by atoms with Crippen LogP contribution in [0.25, 0.3) is 10.8 Å². The molecule has 0 aliphatic carbocycles. The Morgan fingerprint density at radius 3 is 2.50 bits per heavy atom. The minimum absolute atomic E-state index is 0.0695. The largest absolute Gasteiger partial charge is 0.370 e. The number of carbonyl (C=O) groups excluding carboxylic acids is 1. The molecule has 0 amide bonds. The molecule has 0 bridgehead atoms. The molecule has 0 spiro atoms. The fraction of sp³-hybridized carbons (Fsp3) is 0.389. The summed E-state index contributed by atoms with van der Waals surface area (Å²) in [5.74, 6) is 0. The minimum atomic E-state index is -0.375. The van der Waals surface area contributed by atoms with E-state index in [-0.39, 0.29) is 11.5 Å². The lowest BCUT2D eigenvalue weighted by Gasteiger charge is -2.21. The zero-order valence-electron chi connectivity index (χ0n) is 12.4. The van der Waals surface area contributed by atoms with Crippen molar-refractivity contribution in [1.29, 1.82) is 0 Å². The van der Waals surface area contributed by atoms with Crippen LogP contribution in [0.3, 0.4) is 0 Å². The molecule has 0 saturated heterocycles. The topological polar surface area (TPSA) is 26.3 Å². The maximum Gasteiger partial charge on any atom is 0.149 e. The second-order valence-electron chi connectivity index (χ2n) is 6.39. The quantitative estimate of drug-likeness (QED) is 0.767. The van der Waals surface area contributed by atoms with E-state index in [0.29, 0.717) is 13.0 Å². The molecule has 0 aliphatic heterocycles. The van der Waals surface area contributed by atoms with E-state index in [9.17, 15) is 4.79 Å². The number of hydrogen-bond acceptors (Lipinski definition) is 2. The molecule has 0 heterocycles. The highest BCUT2D eigenvalue weighted by molar-refractivity contribution is 5.86. The number of benzene rings is 2. The third kappa shape index (κ3) is 3.91. The Morgan fingerprint density at radius 2 is 1.80 bits per heavy atom. The highest BCUT2D eigenvalue weighted by Crippen LogP contribution is 2.21. The average molecular weight is 270 g/mol. The van der Waals surface area contributed by atoms with Crippen LogP contribution in [0.2, 0.25) is 0 Å². The minimum Gasteiger partial charge on any atom is -0.370 e. The van der Waals surface area contributed by atoms with Crippen LogP contribution in [0, 0.1) is 5.41 Å². The van der Waals surface area contributed by atoms with Crippen molar-refractivity contribution in [2.45, 2.75) is 33.3 Å². The van der Waals surface area contributed by atoms with E-state index in [4.69, 9.17) is 4.74 Å². The van der Waals surface area contributed by atoms with Crippen molar-refractivity contribution >= 4 is 17.1 Å². The predicted octanol–water partition coefficient (Wildman–Crippen LogP) is 4.01. The van der Waals surface area contributed by atoms with Crippen LogP contribution in [-0.4, -0.2) is 19.0 Å².